The van der Waals surface area contributed by atoms with Crippen LogP contribution < -0.4 is 5.32 Å². The van der Waals surface area contributed by atoms with Gasteiger partial charge in [0.25, 0.3) is 0 Å². The van der Waals surface area contributed by atoms with Gasteiger partial charge in [0.2, 0.25) is 0 Å². The quantitative estimate of drug-likeness (QED) is 0.891. The molecule has 2 heteroatoms. The molecule has 4 bridgehead atoms. The fraction of sp³-hybridized carbons (Fsp3) is 0.650. The summed E-state index contributed by atoms with van der Waals surface area (Å²) in [7, 11) is 0. The second-order valence-electron chi connectivity index (χ2n) is 8.15. The lowest BCUT2D eigenvalue weighted by atomic mass is 9.48. The van der Waals surface area contributed by atoms with E-state index in [0.717, 1.165) is 24.3 Å². The molecule has 4 fully saturated rings. The Morgan fingerprint density at radius 3 is 2.18 bits per heavy atom. The molecule has 0 aliphatic heterocycles. The molecule has 22 heavy (non-hydrogen) atoms. The SMILES string of the molecule is C[C@H](NCc1ccccc1)C(=O)C12CC3CC(CC(C3)C1)C2. The molecular weight excluding hydrogens is 270 g/mol. The zero-order valence-electron chi connectivity index (χ0n) is 13.6. The molecule has 1 aromatic rings. The van der Waals surface area contributed by atoms with Gasteiger partial charge >= 0.3 is 0 Å². The molecule has 2 nitrogen and oxygen atoms in total. The molecule has 0 radical (unpaired) electrons. The molecule has 0 amide bonds. The molecule has 1 N–H and O–H groups in total. The van der Waals surface area contributed by atoms with Crippen molar-refractivity contribution in [3.8, 4) is 0 Å². The molecule has 0 spiro atoms. The first kappa shape index (κ1) is 14.4. The van der Waals surface area contributed by atoms with Crippen LogP contribution in [0.4, 0.5) is 0 Å². The maximum Gasteiger partial charge on any atom is 0.155 e. The van der Waals surface area contributed by atoms with Crippen LogP contribution in [0.25, 0.3) is 0 Å². The van der Waals surface area contributed by atoms with Gasteiger partial charge in [0.1, 0.15) is 0 Å². The lowest BCUT2D eigenvalue weighted by Gasteiger charge is -2.56. The third-order valence-corrected chi connectivity index (χ3v) is 6.41. The molecule has 118 valence electrons. The topological polar surface area (TPSA) is 29.1 Å². The minimum atomic E-state index is -0.0172. The van der Waals surface area contributed by atoms with Crippen molar-refractivity contribution in [2.45, 2.75) is 58.0 Å². The van der Waals surface area contributed by atoms with Gasteiger partial charge in [-0.2, -0.15) is 0 Å². The summed E-state index contributed by atoms with van der Waals surface area (Å²) in [6.45, 7) is 2.87. The first-order chi connectivity index (χ1) is 10.6. The van der Waals surface area contributed by atoms with Gasteiger partial charge in [0.15, 0.2) is 5.78 Å². The lowest BCUT2D eigenvalue weighted by Crippen LogP contribution is -2.54. The summed E-state index contributed by atoms with van der Waals surface area (Å²) in [5.74, 6) is 3.03. The Kier molecular flexibility index (Phi) is 3.60. The maximum absolute atomic E-state index is 13.2. The van der Waals surface area contributed by atoms with Crippen molar-refractivity contribution < 1.29 is 4.79 Å². The Morgan fingerprint density at radius 1 is 1.09 bits per heavy atom. The van der Waals surface area contributed by atoms with E-state index in [9.17, 15) is 4.79 Å². The number of carbonyl (C=O) groups excluding carboxylic acids is 1. The number of hydrogen-bond donors (Lipinski definition) is 1. The molecule has 0 saturated heterocycles. The second-order valence-corrected chi connectivity index (χ2v) is 8.15. The highest BCUT2D eigenvalue weighted by atomic mass is 16.1. The van der Waals surface area contributed by atoms with E-state index in [-0.39, 0.29) is 11.5 Å². The van der Waals surface area contributed by atoms with E-state index in [4.69, 9.17) is 0 Å². The van der Waals surface area contributed by atoms with Gasteiger partial charge in [-0.25, -0.2) is 0 Å². The Bertz CT molecular complexity index is 515. The lowest BCUT2D eigenvalue weighted by molar-refractivity contribution is -0.145. The highest BCUT2D eigenvalue weighted by molar-refractivity contribution is 5.89. The molecule has 0 aromatic heterocycles. The number of ketones is 1. The van der Waals surface area contributed by atoms with E-state index in [1.807, 2.05) is 6.07 Å². The second kappa shape index (κ2) is 5.49. The summed E-state index contributed by atoms with van der Waals surface area (Å²) < 4.78 is 0. The van der Waals surface area contributed by atoms with Crippen molar-refractivity contribution in [2.75, 3.05) is 0 Å². The van der Waals surface area contributed by atoms with Gasteiger partial charge in [-0.1, -0.05) is 30.3 Å². The summed E-state index contributed by atoms with van der Waals surface area (Å²) in [6, 6.07) is 10.4. The van der Waals surface area contributed by atoms with E-state index >= 15 is 0 Å². The zero-order valence-corrected chi connectivity index (χ0v) is 13.6. The number of hydrogen-bond acceptors (Lipinski definition) is 2. The molecule has 4 aliphatic rings. The smallest absolute Gasteiger partial charge is 0.155 e. The van der Waals surface area contributed by atoms with E-state index in [2.05, 4.69) is 36.5 Å². The maximum atomic E-state index is 13.2. The van der Waals surface area contributed by atoms with Crippen LogP contribution in [0.2, 0.25) is 0 Å². The van der Waals surface area contributed by atoms with Crippen LogP contribution in [0.15, 0.2) is 30.3 Å². The van der Waals surface area contributed by atoms with E-state index in [1.165, 1.54) is 44.1 Å². The van der Waals surface area contributed by atoms with Gasteiger partial charge in [0, 0.05) is 12.0 Å². The molecule has 5 rings (SSSR count). The van der Waals surface area contributed by atoms with Crippen molar-refractivity contribution in [1.29, 1.82) is 0 Å². The molecule has 0 unspecified atom stereocenters. The third-order valence-electron chi connectivity index (χ3n) is 6.41. The van der Waals surface area contributed by atoms with Crippen molar-refractivity contribution in [2.24, 2.45) is 23.2 Å². The van der Waals surface area contributed by atoms with Crippen molar-refractivity contribution >= 4 is 5.78 Å². The van der Waals surface area contributed by atoms with Crippen LogP contribution >= 0.6 is 0 Å². The van der Waals surface area contributed by atoms with Crippen molar-refractivity contribution in [3.63, 3.8) is 0 Å². The fourth-order valence-corrected chi connectivity index (χ4v) is 5.83. The van der Waals surface area contributed by atoms with E-state index in [0.29, 0.717) is 5.78 Å². The van der Waals surface area contributed by atoms with E-state index < -0.39 is 0 Å². The number of carbonyl (C=O) groups is 1. The predicted octanol–water partition coefficient (Wildman–Crippen LogP) is 3.95. The summed E-state index contributed by atoms with van der Waals surface area (Å²) in [5.41, 5.74) is 1.28. The molecule has 4 aliphatic carbocycles. The van der Waals surface area contributed by atoms with Crippen LogP contribution in [0, 0.1) is 23.2 Å². The molecular formula is C20H27NO. The number of Topliss-reactive ketones (excluding diaryl/α,β-unsaturated/α-hetero) is 1. The summed E-state index contributed by atoms with van der Waals surface area (Å²) >= 11 is 0. The van der Waals surface area contributed by atoms with Gasteiger partial charge < -0.3 is 5.32 Å². The zero-order chi connectivity index (χ0) is 15.2. The average Bonchev–Trinajstić information content (AvgIpc) is 2.51. The average molecular weight is 297 g/mol. The molecule has 1 atom stereocenters. The van der Waals surface area contributed by atoms with Gasteiger partial charge in [-0.15, -0.1) is 0 Å². The fourth-order valence-electron chi connectivity index (χ4n) is 5.83. The van der Waals surface area contributed by atoms with Crippen LogP contribution in [-0.2, 0) is 11.3 Å². The van der Waals surface area contributed by atoms with Gasteiger partial charge in [0.05, 0.1) is 6.04 Å². The summed E-state index contributed by atoms with van der Waals surface area (Å²) in [4.78, 5) is 13.2. The van der Waals surface area contributed by atoms with Crippen LogP contribution in [0.1, 0.15) is 51.0 Å². The molecule has 0 heterocycles. The van der Waals surface area contributed by atoms with Gasteiger partial charge in [-0.3, -0.25) is 4.79 Å². The number of benzene rings is 1. The van der Waals surface area contributed by atoms with Crippen molar-refractivity contribution in [3.05, 3.63) is 35.9 Å². The van der Waals surface area contributed by atoms with E-state index in [1.54, 1.807) is 0 Å². The molecule has 1 aromatic carbocycles. The molecule has 4 saturated carbocycles. The first-order valence-corrected chi connectivity index (χ1v) is 8.96. The number of nitrogens with one attached hydrogen (secondary N) is 1. The minimum Gasteiger partial charge on any atom is -0.304 e. The highest BCUT2D eigenvalue weighted by Gasteiger charge is 2.54. The predicted molar refractivity (Wildman–Crippen MR) is 88.4 cm³/mol. The van der Waals surface area contributed by atoms with Crippen LogP contribution in [0.5, 0.6) is 0 Å². The Morgan fingerprint density at radius 2 is 1.64 bits per heavy atom. The normalized spacial score (nSPS) is 37.2. The highest BCUT2D eigenvalue weighted by Crippen LogP contribution is 2.60. The largest absolute Gasteiger partial charge is 0.304 e. The Hall–Kier alpha value is -1.15. The monoisotopic (exact) mass is 297 g/mol. The van der Waals surface area contributed by atoms with Crippen LogP contribution in [-0.4, -0.2) is 11.8 Å². The first-order valence-electron chi connectivity index (χ1n) is 8.96. The Labute approximate surface area is 133 Å². The standard InChI is InChI=1S/C20H27NO/c1-14(21-13-15-5-3-2-4-6-15)19(22)20-10-16-7-17(11-20)9-18(8-16)12-20/h2-6,14,16-18,21H,7-13H2,1H3/t14-,16?,17?,18?,20?/m0/s1. The third kappa shape index (κ3) is 2.52. The van der Waals surface area contributed by atoms with Crippen molar-refractivity contribution in [1.82, 2.24) is 5.32 Å². The van der Waals surface area contributed by atoms with Crippen LogP contribution in [0.3, 0.4) is 0 Å². The Balaban J connectivity index is 1.43. The van der Waals surface area contributed by atoms with Gasteiger partial charge in [-0.05, 0) is 68.8 Å². The summed E-state index contributed by atoms with van der Waals surface area (Å²) in [5, 5.41) is 3.47. The number of rotatable bonds is 5. The minimum absolute atomic E-state index is 0.0172. The summed E-state index contributed by atoms with van der Waals surface area (Å²) in [6.07, 6.45) is 7.73.